The Morgan fingerprint density at radius 2 is 1.67 bits per heavy atom. The average molecular weight is 293 g/mol. The highest BCUT2D eigenvalue weighted by Crippen LogP contribution is 2.34. The highest BCUT2D eigenvalue weighted by Gasteiger charge is 2.36. The molecule has 1 saturated heterocycles. The van der Waals surface area contributed by atoms with Crippen molar-refractivity contribution in [3.8, 4) is 0 Å². The van der Waals surface area contributed by atoms with Crippen molar-refractivity contribution in [3.63, 3.8) is 0 Å². The van der Waals surface area contributed by atoms with E-state index in [1.165, 1.54) is 38.5 Å². The number of piperidine rings is 1. The fourth-order valence-electron chi connectivity index (χ4n) is 4.90. The third-order valence-electron chi connectivity index (χ3n) is 5.85. The van der Waals surface area contributed by atoms with Gasteiger partial charge in [-0.1, -0.05) is 26.7 Å². The van der Waals surface area contributed by atoms with E-state index >= 15 is 0 Å². The number of hydrogen-bond acceptors (Lipinski definition) is 3. The Morgan fingerprint density at radius 3 is 2.43 bits per heavy atom. The van der Waals surface area contributed by atoms with E-state index in [0.29, 0.717) is 17.9 Å². The fourth-order valence-corrected chi connectivity index (χ4v) is 4.90. The number of rotatable bonds is 2. The first-order chi connectivity index (χ1) is 10.1. The summed E-state index contributed by atoms with van der Waals surface area (Å²) in [6, 6.07) is 0.520. The molecule has 0 aromatic heterocycles. The number of carbonyl (C=O) groups is 1. The standard InChI is InChI=1S/C18H31NO2/c1-12-9-13(2)11-15(10-12)21-18(20)17-8-7-14-5-3-4-6-16(14)19-17/h12-17,19H,3-11H2,1-2H3. The van der Waals surface area contributed by atoms with Crippen molar-refractivity contribution in [2.75, 3.05) is 0 Å². The van der Waals surface area contributed by atoms with Crippen LogP contribution in [-0.4, -0.2) is 24.2 Å². The second-order valence-electron chi connectivity index (χ2n) is 7.92. The number of esters is 1. The zero-order valence-electron chi connectivity index (χ0n) is 13.6. The summed E-state index contributed by atoms with van der Waals surface area (Å²) in [5.74, 6) is 2.20. The molecule has 21 heavy (non-hydrogen) atoms. The maximum atomic E-state index is 12.5. The van der Waals surface area contributed by atoms with Gasteiger partial charge >= 0.3 is 5.97 Å². The number of carbonyl (C=O) groups excluding carboxylic acids is 1. The zero-order chi connectivity index (χ0) is 14.8. The van der Waals surface area contributed by atoms with Crippen LogP contribution in [0.5, 0.6) is 0 Å². The second-order valence-corrected chi connectivity index (χ2v) is 7.92. The van der Waals surface area contributed by atoms with Gasteiger partial charge in [-0.05, 0) is 62.7 Å². The molecule has 5 atom stereocenters. The molecular weight excluding hydrogens is 262 g/mol. The summed E-state index contributed by atoms with van der Waals surface area (Å²) in [5, 5.41) is 3.59. The second kappa shape index (κ2) is 6.68. The first-order valence-electron chi connectivity index (χ1n) is 9.08. The molecule has 2 aliphatic carbocycles. The molecule has 3 fully saturated rings. The summed E-state index contributed by atoms with van der Waals surface area (Å²) in [4.78, 5) is 12.5. The lowest BCUT2D eigenvalue weighted by Gasteiger charge is -2.40. The molecule has 3 heteroatoms. The minimum Gasteiger partial charge on any atom is -0.461 e. The van der Waals surface area contributed by atoms with E-state index in [-0.39, 0.29) is 18.1 Å². The molecule has 0 amide bonds. The van der Waals surface area contributed by atoms with Gasteiger partial charge in [0.25, 0.3) is 0 Å². The monoisotopic (exact) mass is 293 g/mol. The minimum absolute atomic E-state index is 0.0188. The molecule has 0 radical (unpaired) electrons. The molecule has 0 aromatic carbocycles. The van der Waals surface area contributed by atoms with Gasteiger partial charge < -0.3 is 10.1 Å². The molecule has 0 aromatic rings. The average Bonchev–Trinajstić information content (AvgIpc) is 2.45. The van der Waals surface area contributed by atoms with Gasteiger partial charge in [-0.3, -0.25) is 4.79 Å². The molecule has 0 spiro atoms. The summed E-state index contributed by atoms with van der Waals surface area (Å²) < 4.78 is 5.85. The Hall–Kier alpha value is -0.570. The van der Waals surface area contributed by atoms with Gasteiger partial charge in [0.2, 0.25) is 0 Å². The molecule has 3 rings (SSSR count). The molecule has 1 N–H and O–H groups in total. The minimum atomic E-state index is -0.0445. The summed E-state index contributed by atoms with van der Waals surface area (Å²) in [7, 11) is 0. The maximum absolute atomic E-state index is 12.5. The third kappa shape index (κ3) is 3.80. The van der Waals surface area contributed by atoms with Crippen LogP contribution in [0, 0.1) is 17.8 Å². The van der Waals surface area contributed by atoms with Gasteiger partial charge in [0.15, 0.2) is 0 Å². The van der Waals surface area contributed by atoms with Gasteiger partial charge in [-0.25, -0.2) is 0 Å². The van der Waals surface area contributed by atoms with Crippen LogP contribution in [0.4, 0.5) is 0 Å². The quantitative estimate of drug-likeness (QED) is 0.790. The number of nitrogens with one attached hydrogen (secondary N) is 1. The van der Waals surface area contributed by atoms with Gasteiger partial charge in [0.05, 0.1) is 0 Å². The highest BCUT2D eigenvalue weighted by atomic mass is 16.5. The van der Waals surface area contributed by atoms with Crippen molar-refractivity contribution in [2.24, 2.45) is 17.8 Å². The first kappa shape index (κ1) is 15.3. The SMILES string of the molecule is CC1CC(C)CC(OC(=O)C2CCC3CCCCC3N2)C1. The lowest BCUT2D eigenvalue weighted by Crippen LogP contribution is -2.53. The van der Waals surface area contributed by atoms with Crippen molar-refractivity contribution in [1.29, 1.82) is 0 Å². The Labute approximate surface area is 129 Å². The fraction of sp³-hybridized carbons (Fsp3) is 0.944. The predicted octanol–water partition coefficient (Wildman–Crippen LogP) is 3.67. The van der Waals surface area contributed by atoms with Crippen LogP contribution in [0.25, 0.3) is 0 Å². The molecule has 3 nitrogen and oxygen atoms in total. The van der Waals surface area contributed by atoms with E-state index in [0.717, 1.165) is 25.2 Å². The van der Waals surface area contributed by atoms with Crippen LogP contribution in [0.2, 0.25) is 0 Å². The smallest absolute Gasteiger partial charge is 0.323 e. The van der Waals surface area contributed by atoms with E-state index in [1.54, 1.807) is 0 Å². The van der Waals surface area contributed by atoms with Gasteiger partial charge in [0.1, 0.15) is 12.1 Å². The van der Waals surface area contributed by atoms with Crippen LogP contribution in [0.1, 0.15) is 71.6 Å². The number of ether oxygens (including phenoxy) is 1. The third-order valence-corrected chi connectivity index (χ3v) is 5.85. The number of hydrogen-bond donors (Lipinski definition) is 1. The molecule has 0 bridgehead atoms. The molecule has 1 heterocycles. The summed E-state index contributed by atoms with van der Waals surface area (Å²) in [6.45, 7) is 4.56. The predicted molar refractivity (Wildman–Crippen MR) is 84.0 cm³/mol. The molecular formula is C18H31NO2. The molecule has 3 aliphatic rings. The molecule has 120 valence electrons. The summed E-state index contributed by atoms with van der Waals surface area (Å²) in [5.41, 5.74) is 0. The van der Waals surface area contributed by atoms with Crippen LogP contribution >= 0.6 is 0 Å². The normalized spacial score (nSPS) is 43.9. The van der Waals surface area contributed by atoms with Crippen LogP contribution < -0.4 is 5.32 Å². The van der Waals surface area contributed by atoms with Crippen molar-refractivity contribution >= 4 is 5.97 Å². The van der Waals surface area contributed by atoms with Crippen molar-refractivity contribution in [1.82, 2.24) is 5.32 Å². The van der Waals surface area contributed by atoms with Gasteiger partial charge in [-0.2, -0.15) is 0 Å². The maximum Gasteiger partial charge on any atom is 0.323 e. The first-order valence-corrected chi connectivity index (χ1v) is 9.08. The summed E-state index contributed by atoms with van der Waals surface area (Å²) >= 11 is 0. The topological polar surface area (TPSA) is 38.3 Å². The van der Waals surface area contributed by atoms with Crippen molar-refractivity contribution < 1.29 is 9.53 Å². The summed E-state index contributed by atoms with van der Waals surface area (Å²) in [6.07, 6.45) is 11.0. The molecule has 1 aliphatic heterocycles. The van der Waals surface area contributed by atoms with Gasteiger partial charge in [-0.15, -0.1) is 0 Å². The number of fused-ring (bicyclic) bond motifs is 1. The Balaban J connectivity index is 1.51. The van der Waals surface area contributed by atoms with E-state index in [9.17, 15) is 4.79 Å². The lowest BCUT2D eigenvalue weighted by atomic mass is 9.77. The van der Waals surface area contributed by atoms with Crippen LogP contribution in [0.3, 0.4) is 0 Å². The highest BCUT2D eigenvalue weighted by molar-refractivity contribution is 5.76. The van der Waals surface area contributed by atoms with E-state index in [1.807, 2.05) is 0 Å². The Morgan fingerprint density at radius 1 is 0.952 bits per heavy atom. The van der Waals surface area contributed by atoms with Crippen LogP contribution in [-0.2, 0) is 9.53 Å². The van der Waals surface area contributed by atoms with Crippen molar-refractivity contribution in [3.05, 3.63) is 0 Å². The molecule has 2 saturated carbocycles. The van der Waals surface area contributed by atoms with E-state index in [2.05, 4.69) is 19.2 Å². The Bertz CT molecular complexity index is 360. The zero-order valence-corrected chi connectivity index (χ0v) is 13.6. The van der Waals surface area contributed by atoms with Crippen LogP contribution in [0.15, 0.2) is 0 Å². The van der Waals surface area contributed by atoms with Gasteiger partial charge in [0, 0.05) is 6.04 Å². The largest absolute Gasteiger partial charge is 0.461 e. The van der Waals surface area contributed by atoms with E-state index < -0.39 is 0 Å². The van der Waals surface area contributed by atoms with Crippen molar-refractivity contribution in [2.45, 2.75) is 89.8 Å². The van der Waals surface area contributed by atoms with E-state index in [4.69, 9.17) is 4.74 Å². The lowest BCUT2D eigenvalue weighted by molar-refractivity contribution is -0.156. The molecule has 5 unspecified atom stereocenters. The Kier molecular flexibility index (Phi) is 4.88.